The van der Waals surface area contributed by atoms with Crippen molar-refractivity contribution in [2.75, 3.05) is 12.4 Å². The van der Waals surface area contributed by atoms with Gasteiger partial charge in [-0.1, -0.05) is 30.3 Å². The lowest BCUT2D eigenvalue weighted by Gasteiger charge is -2.07. The smallest absolute Gasteiger partial charge is 0.413 e. The first kappa shape index (κ1) is 16.4. The second-order valence-electron chi connectivity index (χ2n) is 5.08. The first-order valence-corrected chi connectivity index (χ1v) is 7.55. The quantitative estimate of drug-likeness (QED) is 0.769. The van der Waals surface area contributed by atoms with Crippen molar-refractivity contribution >= 4 is 11.9 Å². The van der Waals surface area contributed by atoms with Gasteiger partial charge in [0.25, 0.3) is 0 Å². The lowest BCUT2D eigenvalue weighted by atomic mass is 10.1. The Labute approximate surface area is 144 Å². The van der Waals surface area contributed by atoms with Crippen LogP contribution in [0, 0.1) is 0 Å². The number of hydrogen-bond acceptors (Lipinski definition) is 6. The molecule has 126 valence electrons. The van der Waals surface area contributed by atoms with Gasteiger partial charge in [0.1, 0.15) is 12.4 Å². The van der Waals surface area contributed by atoms with Crippen molar-refractivity contribution in [3.05, 3.63) is 66.6 Å². The molecule has 2 heterocycles. The molecule has 7 nitrogen and oxygen atoms in total. The number of ether oxygens (including phenoxy) is 2. The number of pyridine rings is 1. The minimum Gasteiger partial charge on any atom is -0.467 e. The highest BCUT2D eigenvalue weighted by Crippen LogP contribution is 2.19. The van der Waals surface area contributed by atoms with Crippen molar-refractivity contribution in [3.8, 4) is 17.1 Å². The van der Waals surface area contributed by atoms with E-state index in [0.29, 0.717) is 11.8 Å². The summed E-state index contributed by atoms with van der Waals surface area (Å²) in [5.74, 6) is 0.399. The Morgan fingerprint density at radius 3 is 2.32 bits per heavy atom. The zero-order chi connectivity index (χ0) is 17.5. The van der Waals surface area contributed by atoms with E-state index in [9.17, 15) is 4.79 Å². The maximum Gasteiger partial charge on any atom is 0.413 e. The molecule has 1 amide bonds. The van der Waals surface area contributed by atoms with Gasteiger partial charge in [0, 0.05) is 29.7 Å². The monoisotopic (exact) mass is 336 g/mol. The average Bonchev–Trinajstić information content (AvgIpc) is 2.68. The number of carbonyl (C=O) groups is 1. The van der Waals surface area contributed by atoms with Crippen LogP contribution in [0.1, 0.15) is 5.56 Å². The van der Waals surface area contributed by atoms with Crippen LogP contribution in [0.25, 0.3) is 11.1 Å². The second kappa shape index (κ2) is 7.87. The van der Waals surface area contributed by atoms with E-state index in [1.165, 1.54) is 7.11 Å². The van der Waals surface area contributed by atoms with Crippen LogP contribution in [-0.2, 0) is 11.3 Å². The van der Waals surface area contributed by atoms with Crippen LogP contribution in [0.3, 0.4) is 0 Å². The molecule has 0 unspecified atom stereocenters. The molecule has 0 saturated carbocycles. The largest absolute Gasteiger partial charge is 0.467 e. The third kappa shape index (κ3) is 4.51. The van der Waals surface area contributed by atoms with Gasteiger partial charge in [0.05, 0.1) is 7.11 Å². The summed E-state index contributed by atoms with van der Waals surface area (Å²) in [6.45, 7) is 0.202. The molecule has 7 heteroatoms. The van der Waals surface area contributed by atoms with Gasteiger partial charge in [0.15, 0.2) is 0 Å². The maximum absolute atomic E-state index is 11.8. The molecule has 3 rings (SSSR count). The molecule has 0 spiro atoms. The van der Waals surface area contributed by atoms with E-state index in [1.54, 1.807) is 24.7 Å². The van der Waals surface area contributed by atoms with Gasteiger partial charge in [-0.05, 0) is 17.7 Å². The molecule has 0 bridgehead atoms. The molecule has 0 aliphatic rings. The van der Waals surface area contributed by atoms with E-state index in [-0.39, 0.29) is 6.61 Å². The highest BCUT2D eigenvalue weighted by atomic mass is 16.5. The number of nitrogens with one attached hydrogen (secondary N) is 1. The molecular weight excluding hydrogens is 320 g/mol. The number of amides is 1. The predicted molar refractivity (Wildman–Crippen MR) is 92.1 cm³/mol. The summed E-state index contributed by atoms with van der Waals surface area (Å²) in [5, 5.41) is 2.59. The zero-order valence-electron chi connectivity index (χ0n) is 13.5. The maximum atomic E-state index is 11.8. The van der Waals surface area contributed by atoms with Gasteiger partial charge in [-0.3, -0.25) is 5.32 Å². The Hall–Kier alpha value is -3.48. The number of carbonyl (C=O) groups excluding carboxylic acids is 1. The molecule has 0 radical (unpaired) electrons. The minimum absolute atomic E-state index is 0.202. The number of aromatic nitrogens is 3. The zero-order valence-corrected chi connectivity index (χ0v) is 13.5. The summed E-state index contributed by atoms with van der Waals surface area (Å²) in [7, 11) is 1.51. The van der Waals surface area contributed by atoms with E-state index in [0.717, 1.165) is 16.7 Å². The Morgan fingerprint density at radius 2 is 1.68 bits per heavy atom. The first-order chi connectivity index (χ1) is 12.2. The molecule has 3 aromatic rings. The lowest BCUT2D eigenvalue weighted by molar-refractivity contribution is 0.155. The topological polar surface area (TPSA) is 86.2 Å². The number of methoxy groups -OCH3 is 1. The van der Waals surface area contributed by atoms with Crippen LogP contribution in [-0.4, -0.2) is 28.2 Å². The number of benzene rings is 1. The van der Waals surface area contributed by atoms with Crippen LogP contribution >= 0.6 is 0 Å². The van der Waals surface area contributed by atoms with E-state index in [2.05, 4.69) is 20.3 Å². The molecule has 1 aromatic carbocycles. The molecule has 1 N–H and O–H groups in total. The third-order valence-electron chi connectivity index (χ3n) is 3.35. The van der Waals surface area contributed by atoms with Crippen molar-refractivity contribution < 1.29 is 14.3 Å². The third-order valence-corrected chi connectivity index (χ3v) is 3.35. The molecule has 25 heavy (non-hydrogen) atoms. The molecule has 2 aromatic heterocycles. The highest BCUT2D eigenvalue weighted by Gasteiger charge is 2.06. The number of anilines is 1. The van der Waals surface area contributed by atoms with Crippen molar-refractivity contribution in [2.45, 2.75) is 6.61 Å². The fourth-order valence-corrected chi connectivity index (χ4v) is 2.07. The molecule has 0 aliphatic heterocycles. The van der Waals surface area contributed by atoms with Gasteiger partial charge in [-0.15, -0.1) is 0 Å². The van der Waals surface area contributed by atoms with Crippen LogP contribution < -0.4 is 10.1 Å². The average molecular weight is 336 g/mol. The van der Waals surface area contributed by atoms with Crippen LogP contribution in [0.5, 0.6) is 6.01 Å². The fraction of sp³-hybridized carbons (Fsp3) is 0.111. The Bertz CT molecular complexity index is 821. The molecule has 0 fully saturated rings. The van der Waals surface area contributed by atoms with Gasteiger partial charge < -0.3 is 9.47 Å². The summed E-state index contributed by atoms with van der Waals surface area (Å²) >= 11 is 0. The van der Waals surface area contributed by atoms with Crippen molar-refractivity contribution in [1.82, 2.24) is 15.0 Å². The SMILES string of the molecule is COc1ncc(-c2ccc(NC(=O)OCc3ccccc3)nc2)cn1. The van der Waals surface area contributed by atoms with E-state index < -0.39 is 6.09 Å². The van der Waals surface area contributed by atoms with E-state index in [4.69, 9.17) is 9.47 Å². The molecule has 0 atom stereocenters. The second-order valence-corrected chi connectivity index (χ2v) is 5.08. The van der Waals surface area contributed by atoms with Gasteiger partial charge in [-0.2, -0.15) is 0 Å². The normalized spacial score (nSPS) is 10.1. The van der Waals surface area contributed by atoms with Crippen molar-refractivity contribution in [2.24, 2.45) is 0 Å². The Kier molecular flexibility index (Phi) is 5.16. The first-order valence-electron chi connectivity index (χ1n) is 7.55. The Morgan fingerprint density at radius 1 is 0.960 bits per heavy atom. The standard InChI is InChI=1S/C18H16N4O3/c1-24-17-20-10-15(11-21-17)14-7-8-16(19-9-14)22-18(23)25-12-13-5-3-2-4-6-13/h2-11H,12H2,1H3,(H,19,22,23). The van der Waals surface area contributed by atoms with Gasteiger partial charge in [-0.25, -0.2) is 19.7 Å². The van der Waals surface area contributed by atoms with Crippen molar-refractivity contribution in [1.29, 1.82) is 0 Å². The summed E-state index contributed by atoms with van der Waals surface area (Å²) in [6.07, 6.45) is 4.35. The van der Waals surface area contributed by atoms with Crippen LogP contribution in [0.15, 0.2) is 61.1 Å². The van der Waals surface area contributed by atoms with Crippen molar-refractivity contribution in [3.63, 3.8) is 0 Å². The lowest BCUT2D eigenvalue weighted by Crippen LogP contribution is -2.14. The van der Waals surface area contributed by atoms with E-state index >= 15 is 0 Å². The van der Waals surface area contributed by atoms with E-state index in [1.807, 2.05) is 36.4 Å². The van der Waals surface area contributed by atoms with Crippen LogP contribution in [0.2, 0.25) is 0 Å². The number of rotatable bonds is 5. The minimum atomic E-state index is -0.558. The number of hydrogen-bond donors (Lipinski definition) is 1. The summed E-state index contributed by atoms with van der Waals surface area (Å²) in [5.41, 5.74) is 2.54. The van der Waals surface area contributed by atoms with Gasteiger partial charge in [0.2, 0.25) is 0 Å². The summed E-state index contributed by atoms with van der Waals surface area (Å²) < 4.78 is 10.1. The molecular formula is C18H16N4O3. The summed E-state index contributed by atoms with van der Waals surface area (Å²) in [4.78, 5) is 24.1. The molecule has 0 saturated heterocycles. The summed E-state index contributed by atoms with van der Waals surface area (Å²) in [6, 6.07) is 13.3. The highest BCUT2D eigenvalue weighted by molar-refractivity contribution is 5.83. The predicted octanol–water partition coefficient (Wildman–Crippen LogP) is 3.30. The van der Waals surface area contributed by atoms with Gasteiger partial charge >= 0.3 is 12.1 Å². The number of nitrogens with zero attached hydrogens (tertiary/aromatic N) is 3. The molecule has 0 aliphatic carbocycles. The Balaban J connectivity index is 1.57. The van der Waals surface area contributed by atoms with Crippen LogP contribution in [0.4, 0.5) is 10.6 Å². The fourth-order valence-electron chi connectivity index (χ4n) is 2.07.